The molecule has 0 saturated carbocycles. The Hall–Kier alpha value is -2.54. The highest BCUT2D eigenvalue weighted by atomic mass is 19.4. The van der Waals surface area contributed by atoms with E-state index in [1.807, 2.05) is 0 Å². The van der Waals surface area contributed by atoms with Crippen LogP contribution in [0.4, 0.5) is 26.3 Å². The summed E-state index contributed by atoms with van der Waals surface area (Å²) in [4.78, 5) is 44.6. The standard InChI is InChI=1S/C15H18F6O8/c1-3-9(22)26-5-13(6-27-10(23)4-2,7-28-11(24)14(16,17)18)8-29-12(25)15(19,20)21/h3-8H2,1-2H3. The van der Waals surface area contributed by atoms with E-state index in [1.54, 1.807) is 0 Å². The van der Waals surface area contributed by atoms with E-state index < -0.39 is 68.1 Å². The highest BCUT2D eigenvalue weighted by molar-refractivity contribution is 5.76. The topological polar surface area (TPSA) is 105 Å². The normalized spacial score (nSPS) is 12.1. The van der Waals surface area contributed by atoms with E-state index in [4.69, 9.17) is 0 Å². The predicted octanol–water partition coefficient (Wildman–Crippen LogP) is 2.09. The van der Waals surface area contributed by atoms with Crippen LogP contribution in [-0.2, 0) is 38.1 Å². The lowest BCUT2D eigenvalue weighted by Crippen LogP contribution is -2.45. The second-order valence-corrected chi connectivity index (χ2v) is 5.68. The van der Waals surface area contributed by atoms with Gasteiger partial charge in [-0.2, -0.15) is 26.3 Å². The van der Waals surface area contributed by atoms with Gasteiger partial charge in [0.15, 0.2) is 0 Å². The van der Waals surface area contributed by atoms with Crippen LogP contribution in [0.3, 0.4) is 0 Å². The largest absolute Gasteiger partial charge is 0.490 e. The summed E-state index contributed by atoms with van der Waals surface area (Å²) < 4.78 is 91.5. The third-order valence-corrected chi connectivity index (χ3v) is 3.14. The third kappa shape index (κ3) is 9.99. The van der Waals surface area contributed by atoms with Crippen molar-refractivity contribution in [1.29, 1.82) is 0 Å². The van der Waals surface area contributed by atoms with Crippen LogP contribution in [-0.4, -0.2) is 62.7 Å². The van der Waals surface area contributed by atoms with Gasteiger partial charge in [-0.3, -0.25) is 9.59 Å². The lowest BCUT2D eigenvalue weighted by molar-refractivity contribution is -0.214. The van der Waals surface area contributed by atoms with Crippen LogP contribution in [0.5, 0.6) is 0 Å². The molecular weight excluding hydrogens is 422 g/mol. The minimum Gasteiger partial charge on any atom is -0.465 e. The number of esters is 4. The van der Waals surface area contributed by atoms with Gasteiger partial charge in [-0.05, 0) is 0 Å². The molecule has 0 aliphatic heterocycles. The summed E-state index contributed by atoms with van der Waals surface area (Å²) in [5, 5.41) is 0. The van der Waals surface area contributed by atoms with Crippen LogP contribution < -0.4 is 0 Å². The zero-order valence-electron chi connectivity index (χ0n) is 15.3. The number of rotatable bonds is 10. The first-order chi connectivity index (χ1) is 13.2. The third-order valence-electron chi connectivity index (χ3n) is 3.14. The molecule has 0 N–H and O–H groups in total. The van der Waals surface area contributed by atoms with Gasteiger partial charge in [0.1, 0.15) is 31.8 Å². The van der Waals surface area contributed by atoms with E-state index >= 15 is 0 Å². The van der Waals surface area contributed by atoms with E-state index in [9.17, 15) is 45.5 Å². The molecule has 0 bridgehead atoms. The fraction of sp³-hybridized carbons (Fsp3) is 0.733. The second-order valence-electron chi connectivity index (χ2n) is 5.68. The van der Waals surface area contributed by atoms with Gasteiger partial charge in [-0.15, -0.1) is 0 Å². The van der Waals surface area contributed by atoms with E-state index in [0.717, 1.165) is 0 Å². The number of alkyl halides is 6. The fourth-order valence-electron chi connectivity index (χ4n) is 1.52. The lowest BCUT2D eigenvalue weighted by atomic mass is 9.92. The Labute approximate surface area is 160 Å². The molecule has 0 radical (unpaired) electrons. The highest BCUT2D eigenvalue weighted by Crippen LogP contribution is 2.26. The molecule has 0 amide bonds. The Balaban J connectivity index is 5.62. The van der Waals surface area contributed by atoms with Crippen molar-refractivity contribution in [2.45, 2.75) is 39.0 Å². The SMILES string of the molecule is CCC(=O)OCC(COC(=O)CC)(COC(=O)C(F)(F)F)COC(=O)C(F)(F)F. The molecule has 0 aromatic heterocycles. The summed E-state index contributed by atoms with van der Waals surface area (Å²) in [5.74, 6) is -7.23. The van der Waals surface area contributed by atoms with Crippen LogP contribution in [0.1, 0.15) is 26.7 Å². The number of carbonyl (C=O) groups excluding carboxylic acids is 4. The van der Waals surface area contributed by atoms with Gasteiger partial charge in [0.05, 0.1) is 0 Å². The average Bonchev–Trinajstić information content (AvgIpc) is 2.63. The van der Waals surface area contributed by atoms with Crippen molar-refractivity contribution in [3.63, 3.8) is 0 Å². The van der Waals surface area contributed by atoms with Gasteiger partial charge < -0.3 is 18.9 Å². The van der Waals surface area contributed by atoms with Gasteiger partial charge in [-0.25, -0.2) is 9.59 Å². The van der Waals surface area contributed by atoms with E-state index in [2.05, 4.69) is 18.9 Å². The van der Waals surface area contributed by atoms with Gasteiger partial charge in [0.25, 0.3) is 0 Å². The highest BCUT2D eigenvalue weighted by Gasteiger charge is 2.46. The van der Waals surface area contributed by atoms with Crippen molar-refractivity contribution >= 4 is 23.9 Å². The van der Waals surface area contributed by atoms with Gasteiger partial charge in [0.2, 0.25) is 0 Å². The van der Waals surface area contributed by atoms with Crippen molar-refractivity contribution in [2.24, 2.45) is 5.41 Å². The van der Waals surface area contributed by atoms with Crippen molar-refractivity contribution in [2.75, 3.05) is 26.4 Å². The second kappa shape index (κ2) is 10.9. The monoisotopic (exact) mass is 440 g/mol. The summed E-state index contributed by atoms with van der Waals surface area (Å²) in [6.45, 7) is -1.90. The number of hydrogen-bond acceptors (Lipinski definition) is 8. The molecular formula is C15H18F6O8. The summed E-state index contributed by atoms with van der Waals surface area (Å²) in [6, 6.07) is 0. The van der Waals surface area contributed by atoms with Gasteiger partial charge >= 0.3 is 36.2 Å². The quantitative estimate of drug-likeness (QED) is 0.289. The Kier molecular flexibility index (Phi) is 9.90. The Morgan fingerprint density at radius 2 is 0.862 bits per heavy atom. The zero-order chi connectivity index (χ0) is 22.9. The minimum absolute atomic E-state index is 0.213. The van der Waals surface area contributed by atoms with Crippen LogP contribution >= 0.6 is 0 Å². The molecule has 0 saturated heterocycles. The maximum absolute atomic E-state index is 12.4. The van der Waals surface area contributed by atoms with Crippen LogP contribution in [0.25, 0.3) is 0 Å². The van der Waals surface area contributed by atoms with Crippen LogP contribution in [0, 0.1) is 5.41 Å². The first-order valence-electron chi connectivity index (χ1n) is 7.96. The molecule has 0 rings (SSSR count). The van der Waals surface area contributed by atoms with E-state index in [1.165, 1.54) is 13.8 Å². The summed E-state index contributed by atoms with van der Waals surface area (Å²) in [7, 11) is 0. The van der Waals surface area contributed by atoms with E-state index in [0.29, 0.717) is 0 Å². The number of hydrogen-bond donors (Lipinski definition) is 0. The summed E-state index contributed by atoms with van der Waals surface area (Å²) in [6.07, 6.45) is -11.3. The first-order valence-corrected chi connectivity index (χ1v) is 7.96. The zero-order valence-corrected chi connectivity index (χ0v) is 15.3. The molecule has 0 aliphatic carbocycles. The maximum Gasteiger partial charge on any atom is 0.490 e. The molecule has 14 heteroatoms. The van der Waals surface area contributed by atoms with Crippen molar-refractivity contribution in [3.8, 4) is 0 Å². The molecule has 0 fully saturated rings. The summed E-state index contributed by atoms with van der Waals surface area (Å²) in [5.41, 5.74) is -2.21. The van der Waals surface area contributed by atoms with Crippen molar-refractivity contribution in [3.05, 3.63) is 0 Å². The number of halogens is 6. The van der Waals surface area contributed by atoms with Crippen molar-refractivity contribution in [1.82, 2.24) is 0 Å². The molecule has 0 atom stereocenters. The lowest BCUT2D eigenvalue weighted by Gasteiger charge is -2.31. The molecule has 0 unspecified atom stereocenters. The predicted molar refractivity (Wildman–Crippen MR) is 79.0 cm³/mol. The Morgan fingerprint density at radius 3 is 1.10 bits per heavy atom. The smallest absolute Gasteiger partial charge is 0.465 e. The molecule has 0 heterocycles. The average molecular weight is 440 g/mol. The van der Waals surface area contributed by atoms with Crippen LogP contribution in [0.2, 0.25) is 0 Å². The molecule has 168 valence electrons. The Morgan fingerprint density at radius 1 is 0.586 bits per heavy atom. The number of carbonyl (C=O) groups is 4. The van der Waals surface area contributed by atoms with E-state index in [-0.39, 0.29) is 12.8 Å². The fourth-order valence-corrected chi connectivity index (χ4v) is 1.52. The molecule has 0 aromatic rings. The minimum atomic E-state index is -5.44. The maximum atomic E-state index is 12.4. The molecule has 29 heavy (non-hydrogen) atoms. The van der Waals surface area contributed by atoms with Crippen LogP contribution in [0.15, 0.2) is 0 Å². The van der Waals surface area contributed by atoms with Gasteiger partial charge in [0, 0.05) is 12.8 Å². The molecule has 0 aliphatic rings. The van der Waals surface area contributed by atoms with Crippen molar-refractivity contribution < 1.29 is 64.5 Å². The number of ether oxygens (including phenoxy) is 4. The molecule has 0 spiro atoms. The molecule has 0 aromatic carbocycles. The van der Waals surface area contributed by atoms with Gasteiger partial charge in [-0.1, -0.05) is 13.8 Å². The first kappa shape index (κ1) is 26.5. The summed E-state index contributed by atoms with van der Waals surface area (Å²) >= 11 is 0. The molecule has 8 nitrogen and oxygen atoms in total. The Bertz CT molecular complexity index is 547.